The second-order valence-corrected chi connectivity index (χ2v) is 7.82. The molecule has 108 valence electrons. The van der Waals surface area contributed by atoms with Crippen LogP contribution in [0.15, 0.2) is 0 Å². The summed E-state index contributed by atoms with van der Waals surface area (Å²) in [5.41, 5.74) is -0.300. The fourth-order valence-electron chi connectivity index (χ4n) is 5.89. The van der Waals surface area contributed by atoms with Gasteiger partial charge in [-0.25, -0.2) is 0 Å². The van der Waals surface area contributed by atoms with Crippen LogP contribution in [0.3, 0.4) is 0 Å². The van der Waals surface area contributed by atoms with Crippen molar-refractivity contribution in [3.8, 4) is 0 Å². The summed E-state index contributed by atoms with van der Waals surface area (Å²) >= 11 is 0. The highest BCUT2D eigenvalue weighted by atomic mass is 16.5. The van der Waals surface area contributed by atoms with Crippen molar-refractivity contribution < 1.29 is 9.84 Å². The number of aliphatic hydroxyl groups is 1. The third kappa shape index (κ3) is 2.15. The minimum absolute atomic E-state index is 0.300. The molecule has 0 aromatic heterocycles. The highest BCUT2D eigenvalue weighted by Crippen LogP contribution is 2.59. The van der Waals surface area contributed by atoms with E-state index in [9.17, 15) is 5.11 Å². The normalized spacial score (nSPS) is 51.9. The molecule has 19 heavy (non-hydrogen) atoms. The Morgan fingerprint density at radius 3 is 2.26 bits per heavy atom. The zero-order chi connectivity index (χ0) is 12.9. The van der Waals surface area contributed by atoms with E-state index < -0.39 is 0 Å². The number of hydrogen-bond donors (Lipinski definition) is 1. The third-order valence-corrected chi connectivity index (χ3v) is 6.68. The van der Waals surface area contributed by atoms with Crippen LogP contribution >= 0.6 is 0 Å². The summed E-state index contributed by atoms with van der Waals surface area (Å²) in [6, 6.07) is 0. The Kier molecular flexibility index (Phi) is 3.15. The fourth-order valence-corrected chi connectivity index (χ4v) is 5.89. The van der Waals surface area contributed by atoms with Crippen molar-refractivity contribution in [2.24, 2.45) is 23.7 Å². The van der Waals surface area contributed by atoms with Crippen LogP contribution in [0, 0.1) is 23.7 Å². The summed E-state index contributed by atoms with van der Waals surface area (Å²) in [4.78, 5) is 0. The second kappa shape index (κ2) is 4.73. The van der Waals surface area contributed by atoms with Crippen molar-refractivity contribution in [3.05, 3.63) is 0 Å². The van der Waals surface area contributed by atoms with Crippen LogP contribution < -0.4 is 0 Å². The molecule has 1 heterocycles. The van der Waals surface area contributed by atoms with E-state index in [1.54, 1.807) is 0 Å². The van der Waals surface area contributed by atoms with Crippen LogP contribution in [0.5, 0.6) is 0 Å². The zero-order valence-electron chi connectivity index (χ0n) is 12.0. The Balaban J connectivity index is 1.36. The smallest absolute Gasteiger partial charge is 0.0704 e. The summed E-state index contributed by atoms with van der Waals surface area (Å²) < 4.78 is 5.71. The van der Waals surface area contributed by atoms with Crippen LogP contribution in [0.1, 0.15) is 64.2 Å². The van der Waals surface area contributed by atoms with Gasteiger partial charge in [0.05, 0.1) is 11.7 Å². The first-order chi connectivity index (χ1) is 9.24. The van der Waals surface area contributed by atoms with Gasteiger partial charge in [-0.1, -0.05) is 0 Å². The van der Waals surface area contributed by atoms with Crippen molar-refractivity contribution in [3.63, 3.8) is 0 Å². The highest BCUT2D eigenvalue weighted by Gasteiger charge is 2.55. The van der Waals surface area contributed by atoms with Gasteiger partial charge in [-0.05, 0) is 87.9 Å². The number of hydrogen-bond acceptors (Lipinski definition) is 2. The Morgan fingerprint density at radius 2 is 1.68 bits per heavy atom. The molecule has 2 heteroatoms. The van der Waals surface area contributed by atoms with Gasteiger partial charge < -0.3 is 9.84 Å². The summed E-state index contributed by atoms with van der Waals surface area (Å²) in [6.07, 6.45) is 13.1. The summed E-state index contributed by atoms with van der Waals surface area (Å²) in [6.45, 7) is 0.962. The zero-order valence-corrected chi connectivity index (χ0v) is 12.0. The maximum absolute atomic E-state index is 11.2. The van der Waals surface area contributed by atoms with Crippen LogP contribution in [-0.2, 0) is 4.74 Å². The highest BCUT2D eigenvalue weighted by molar-refractivity contribution is 5.06. The van der Waals surface area contributed by atoms with Crippen molar-refractivity contribution >= 4 is 0 Å². The average Bonchev–Trinajstić information content (AvgIpc) is 2.88. The molecule has 4 aliphatic carbocycles. The van der Waals surface area contributed by atoms with E-state index >= 15 is 0 Å². The molecular formula is C17H28O2. The number of ether oxygens (including phenoxy) is 1. The van der Waals surface area contributed by atoms with Gasteiger partial charge in [0.2, 0.25) is 0 Å². The molecule has 5 rings (SSSR count). The first-order valence-electron chi connectivity index (χ1n) is 8.58. The molecule has 0 spiro atoms. The first-order valence-corrected chi connectivity index (χ1v) is 8.58. The monoisotopic (exact) mass is 264 g/mol. The molecule has 5 aliphatic rings. The molecule has 0 aromatic rings. The Hall–Kier alpha value is -0.0800. The quantitative estimate of drug-likeness (QED) is 0.842. The topological polar surface area (TPSA) is 29.5 Å². The van der Waals surface area contributed by atoms with Gasteiger partial charge in [-0.2, -0.15) is 0 Å². The second-order valence-electron chi connectivity index (χ2n) is 7.82. The Labute approximate surface area is 116 Å². The molecule has 2 nitrogen and oxygen atoms in total. The lowest BCUT2D eigenvalue weighted by molar-refractivity contribution is -0.177. The van der Waals surface area contributed by atoms with Crippen LogP contribution in [0.4, 0.5) is 0 Å². The maximum Gasteiger partial charge on any atom is 0.0704 e. The molecule has 0 radical (unpaired) electrons. The lowest BCUT2D eigenvalue weighted by Gasteiger charge is -2.59. The van der Waals surface area contributed by atoms with Gasteiger partial charge in [0.25, 0.3) is 0 Å². The Morgan fingerprint density at radius 1 is 1.00 bits per heavy atom. The van der Waals surface area contributed by atoms with Crippen LogP contribution in [-0.4, -0.2) is 23.4 Å². The molecule has 0 amide bonds. The molecule has 5 fully saturated rings. The summed E-state index contributed by atoms with van der Waals surface area (Å²) in [7, 11) is 0. The standard InChI is InChI=1S/C17H28O2/c18-17(5-1-3-16-4-2-6-19-16)14-8-12-7-13(10-14)11-15(17)9-12/h12-16,18H,1-11H2. The molecule has 1 N–H and O–H groups in total. The fraction of sp³-hybridized carbons (Fsp3) is 1.00. The molecule has 1 saturated heterocycles. The van der Waals surface area contributed by atoms with Crippen molar-refractivity contribution in [2.75, 3.05) is 6.61 Å². The van der Waals surface area contributed by atoms with Gasteiger partial charge in [-0.3, -0.25) is 0 Å². The predicted molar refractivity (Wildman–Crippen MR) is 74.8 cm³/mol. The van der Waals surface area contributed by atoms with Crippen molar-refractivity contribution in [2.45, 2.75) is 75.9 Å². The van der Waals surface area contributed by atoms with E-state index in [0.29, 0.717) is 17.9 Å². The molecule has 4 saturated carbocycles. The van der Waals surface area contributed by atoms with Gasteiger partial charge in [0, 0.05) is 6.61 Å². The SMILES string of the molecule is OC1(CCCC2CCCO2)C2CC3CC(C2)CC1C3. The Bertz CT molecular complexity index is 304. The van der Waals surface area contributed by atoms with Crippen molar-refractivity contribution in [1.29, 1.82) is 0 Å². The number of rotatable bonds is 4. The largest absolute Gasteiger partial charge is 0.389 e. The van der Waals surface area contributed by atoms with Crippen LogP contribution in [0.2, 0.25) is 0 Å². The van der Waals surface area contributed by atoms with Gasteiger partial charge in [0.15, 0.2) is 0 Å². The van der Waals surface area contributed by atoms with Gasteiger partial charge >= 0.3 is 0 Å². The molecule has 4 bridgehead atoms. The van der Waals surface area contributed by atoms with Crippen LogP contribution in [0.25, 0.3) is 0 Å². The average molecular weight is 264 g/mol. The molecule has 1 atom stereocenters. The van der Waals surface area contributed by atoms with Gasteiger partial charge in [-0.15, -0.1) is 0 Å². The van der Waals surface area contributed by atoms with E-state index in [-0.39, 0.29) is 5.60 Å². The van der Waals surface area contributed by atoms with E-state index in [4.69, 9.17) is 4.74 Å². The van der Waals surface area contributed by atoms with E-state index in [1.165, 1.54) is 57.8 Å². The third-order valence-electron chi connectivity index (χ3n) is 6.68. The summed E-state index contributed by atoms with van der Waals surface area (Å²) in [5.74, 6) is 3.18. The van der Waals surface area contributed by atoms with E-state index in [1.807, 2.05) is 0 Å². The first kappa shape index (κ1) is 12.6. The van der Waals surface area contributed by atoms with Gasteiger partial charge in [0.1, 0.15) is 0 Å². The van der Waals surface area contributed by atoms with E-state index in [0.717, 1.165) is 24.9 Å². The molecule has 1 aliphatic heterocycles. The van der Waals surface area contributed by atoms with E-state index in [2.05, 4.69) is 0 Å². The molecular weight excluding hydrogens is 236 g/mol. The maximum atomic E-state index is 11.2. The summed E-state index contributed by atoms with van der Waals surface area (Å²) in [5, 5.41) is 11.2. The molecule has 1 unspecified atom stereocenters. The minimum atomic E-state index is -0.300. The lowest BCUT2D eigenvalue weighted by Crippen LogP contribution is -2.57. The molecule has 0 aromatic carbocycles. The predicted octanol–water partition coefficient (Wildman–Crippen LogP) is 3.52. The minimum Gasteiger partial charge on any atom is -0.389 e. The lowest BCUT2D eigenvalue weighted by atomic mass is 9.49. The van der Waals surface area contributed by atoms with Crippen molar-refractivity contribution in [1.82, 2.24) is 0 Å².